The third-order valence-corrected chi connectivity index (χ3v) is 3.85. The first-order valence-corrected chi connectivity index (χ1v) is 8.13. The number of aryl methyl sites for hydroxylation is 2. The first-order valence-electron chi connectivity index (χ1n) is 7.14. The maximum Gasteiger partial charge on any atom is 0.234 e. The number of rotatable bonds is 7. The van der Waals surface area contributed by atoms with E-state index >= 15 is 0 Å². The van der Waals surface area contributed by atoms with E-state index in [-0.39, 0.29) is 5.91 Å². The summed E-state index contributed by atoms with van der Waals surface area (Å²) in [6, 6.07) is 7.85. The van der Waals surface area contributed by atoms with E-state index in [4.69, 9.17) is 0 Å². The lowest BCUT2D eigenvalue weighted by Crippen LogP contribution is -2.15. The van der Waals surface area contributed by atoms with Gasteiger partial charge < -0.3 is 5.32 Å². The fraction of sp³-hybridized carbons (Fsp3) is 0.400. The number of hydrogen-bond acceptors (Lipinski definition) is 4. The van der Waals surface area contributed by atoms with Gasteiger partial charge in [-0.25, -0.2) is 4.98 Å². The highest BCUT2D eigenvalue weighted by Crippen LogP contribution is 2.17. The second kappa shape index (κ2) is 7.83. The highest BCUT2D eigenvalue weighted by Gasteiger charge is 2.09. The van der Waals surface area contributed by atoms with Crippen LogP contribution < -0.4 is 5.32 Å². The predicted molar refractivity (Wildman–Crippen MR) is 85.6 cm³/mol. The van der Waals surface area contributed by atoms with Gasteiger partial charge >= 0.3 is 0 Å². The van der Waals surface area contributed by atoms with E-state index in [1.54, 1.807) is 0 Å². The van der Waals surface area contributed by atoms with Crippen LogP contribution in [0.2, 0.25) is 0 Å². The van der Waals surface area contributed by atoms with E-state index in [0.717, 1.165) is 36.3 Å². The van der Waals surface area contributed by atoms with Crippen molar-refractivity contribution in [3.63, 3.8) is 0 Å². The van der Waals surface area contributed by atoms with Crippen LogP contribution in [0.3, 0.4) is 0 Å². The van der Waals surface area contributed by atoms with Crippen molar-refractivity contribution in [3.8, 4) is 0 Å². The van der Waals surface area contributed by atoms with E-state index in [9.17, 15) is 4.79 Å². The summed E-state index contributed by atoms with van der Waals surface area (Å²) in [6.45, 7) is 4.16. The average Bonchev–Trinajstić information content (AvgIpc) is 2.94. The van der Waals surface area contributed by atoms with Gasteiger partial charge in [-0.3, -0.25) is 9.89 Å². The molecule has 21 heavy (non-hydrogen) atoms. The van der Waals surface area contributed by atoms with Gasteiger partial charge in [-0.2, -0.15) is 0 Å². The molecule has 0 atom stereocenters. The number of carbonyl (C=O) groups is 1. The number of H-pyrrole nitrogens is 1. The lowest BCUT2D eigenvalue weighted by Gasteiger charge is -2.08. The number of hydrogen-bond donors (Lipinski definition) is 2. The number of thioether (sulfide) groups is 1. The summed E-state index contributed by atoms with van der Waals surface area (Å²) in [7, 11) is 0. The minimum Gasteiger partial charge on any atom is -0.325 e. The maximum absolute atomic E-state index is 12.0. The Hall–Kier alpha value is -1.82. The van der Waals surface area contributed by atoms with Gasteiger partial charge in [0.1, 0.15) is 5.82 Å². The molecule has 2 N–H and O–H groups in total. The van der Waals surface area contributed by atoms with Crippen molar-refractivity contribution in [3.05, 3.63) is 35.7 Å². The summed E-state index contributed by atoms with van der Waals surface area (Å²) < 4.78 is 0. The molecule has 112 valence electrons. The fourth-order valence-corrected chi connectivity index (χ4v) is 2.58. The Morgan fingerprint density at radius 1 is 1.33 bits per heavy atom. The van der Waals surface area contributed by atoms with Crippen LogP contribution in [0.25, 0.3) is 0 Å². The van der Waals surface area contributed by atoms with Gasteiger partial charge in [0.2, 0.25) is 11.1 Å². The summed E-state index contributed by atoms with van der Waals surface area (Å²) >= 11 is 1.34. The molecule has 0 unspecified atom stereocenters. The summed E-state index contributed by atoms with van der Waals surface area (Å²) in [6.07, 6.45) is 2.79. The van der Waals surface area contributed by atoms with Gasteiger partial charge in [0.05, 0.1) is 5.75 Å². The zero-order valence-electron chi connectivity index (χ0n) is 12.3. The minimum atomic E-state index is -0.0391. The number of nitrogens with zero attached hydrogens (tertiary/aromatic N) is 2. The van der Waals surface area contributed by atoms with Crippen molar-refractivity contribution in [1.29, 1.82) is 0 Å². The van der Waals surface area contributed by atoms with Gasteiger partial charge in [-0.1, -0.05) is 43.8 Å². The van der Waals surface area contributed by atoms with Crippen LogP contribution in [-0.4, -0.2) is 26.8 Å². The predicted octanol–water partition coefficient (Wildman–Crippen LogP) is 3.05. The van der Waals surface area contributed by atoms with Crippen molar-refractivity contribution in [2.24, 2.45) is 0 Å². The number of amides is 1. The molecule has 0 fully saturated rings. The fourth-order valence-electron chi connectivity index (χ4n) is 1.96. The third-order valence-electron chi connectivity index (χ3n) is 3.00. The van der Waals surface area contributed by atoms with Crippen molar-refractivity contribution >= 4 is 23.4 Å². The van der Waals surface area contributed by atoms with Crippen molar-refractivity contribution in [1.82, 2.24) is 15.2 Å². The first kappa shape index (κ1) is 15.6. The average molecular weight is 304 g/mol. The minimum absolute atomic E-state index is 0.0391. The monoisotopic (exact) mass is 304 g/mol. The quantitative estimate of drug-likeness (QED) is 0.771. The van der Waals surface area contributed by atoms with E-state index < -0.39 is 0 Å². The van der Waals surface area contributed by atoms with Gasteiger partial charge in [0.25, 0.3) is 0 Å². The number of anilines is 1. The molecule has 0 bridgehead atoms. The largest absolute Gasteiger partial charge is 0.325 e. The smallest absolute Gasteiger partial charge is 0.234 e. The van der Waals surface area contributed by atoms with Crippen LogP contribution in [0.1, 0.15) is 31.7 Å². The van der Waals surface area contributed by atoms with Gasteiger partial charge in [0, 0.05) is 12.1 Å². The number of para-hydroxylation sites is 1. The third kappa shape index (κ3) is 4.60. The van der Waals surface area contributed by atoms with E-state index in [2.05, 4.69) is 34.3 Å². The molecule has 1 aromatic heterocycles. The topological polar surface area (TPSA) is 70.7 Å². The Labute approximate surface area is 128 Å². The number of carbonyl (C=O) groups excluding carboxylic acids is 1. The summed E-state index contributed by atoms with van der Waals surface area (Å²) in [4.78, 5) is 16.3. The lowest BCUT2D eigenvalue weighted by atomic mass is 10.1. The number of benzene rings is 1. The molecule has 1 aromatic carbocycles. The molecule has 0 spiro atoms. The van der Waals surface area contributed by atoms with Crippen LogP contribution in [0, 0.1) is 0 Å². The normalized spacial score (nSPS) is 10.6. The zero-order chi connectivity index (χ0) is 15.1. The molecule has 0 saturated heterocycles. The molecule has 1 heterocycles. The lowest BCUT2D eigenvalue weighted by molar-refractivity contribution is -0.113. The van der Waals surface area contributed by atoms with Gasteiger partial charge in [0.15, 0.2) is 0 Å². The number of nitrogens with one attached hydrogen (secondary N) is 2. The van der Waals surface area contributed by atoms with E-state index in [1.165, 1.54) is 11.8 Å². The highest BCUT2D eigenvalue weighted by atomic mass is 32.2. The molecule has 0 saturated carbocycles. The molecule has 0 aliphatic heterocycles. The number of aromatic nitrogens is 3. The standard InChI is InChI=1S/C15H20N4OS/c1-3-7-13-17-15(19-18-13)21-10-14(20)16-12-9-6-5-8-11(12)4-2/h5-6,8-9H,3-4,7,10H2,1-2H3,(H,16,20)(H,17,18,19). The summed E-state index contributed by atoms with van der Waals surface area (Å²) in [5.74, 6) is 1.14. The molecule has 0 aliphatic rings. The first-order chi connectivity index (χ1) is 10.2. The maximum atomic E-state index is 12.0. The summed E-state index contributed by atoms with van der Waals surface area (Å²) in [5.41, 5.74) is 2.02. The molecule has 0 radical (unpaired) electrons. The Balaban J connectivity index is 1.86. The Morgan fingerprint density at radius 3 is 2.90 bits per heavy atom. The Morgan fingerprint density at radius 2 is 2.14 bits per heavy atom. The molecule has 0 aliphatic carbocycles. The molecule has 2 rings (SSSR count). The van der Waals surface area contributed by atoms with Crippen molar-refractivity contribution in [2.75, 3.05) is 11.1 Å². The van der Waals surface area contributed by atoms with E-state index in [1.807, 2.05) is 24.3 Å². The van der Waals surface area contributed by atoms with Crippen LogP contribution in [0.4, 0.5) is 5.69 Å². The van der Waals surface area contributed by atoms with Crippen molar-refractivity contribution in [2.45, 2.75) is 38.3 Å². The van der Waals surface area contributed by atoms with Crippen LogP contribution in [0.15, 0.2) is 29.4 Å². The van der Waals surface area contributed by atoms with Gasteiger partial charge in [-0.05, 0) is 24.5 Å². The Kier molecular flexibility index (Phi) is 5.80. The summed E-state index contributed by atoms with van der Waals surface area (Å²) in [5, 5.41) is 10.5. The molecule has 1 amide bonds. The molecule has 6 heteroatoms. The highest BCUT2D eigenvalue weighted by molar-refractivity contribution is 7.99. The molecular formula is C15H20N4OS. The van der Waals surface area contributed by atoms with E-state index in [0.29, 0.717) is 10.9 Å². The van der Waals surface area contributed by atoms with Crippen LogP contribution >= 0.6 is 11.8 Å². The SMILES string of the molecule is CCCc1nc(SCC(=O)Nc2ccccc2CC)n[nH]1. The second-order valence-electron chi connectivity index (χ2n) is 4.66. The second-order valence-corrected chi connectivity index (χ2v) is 5.60. The van der Waals surface area contributed by atoms with Crippen LogP contribution in [-0.2, 0) is 17.6 Å². The molecule has 2 aromatic rings. The Bertz CT molecular complexity index is 597. The van der Waals surface area contributed by atoms with Crippen LogP contribution in [0.5, 0.6) is 0 Å². The molecule has 5 nitrogen and oxygen atoms in total. The number of aromatic amines is 1. The molecular weight excluding hydrogens is 284 g/mol. The van der Waals surface area contributed by atoms with Crippen molar-refractivity contribution < 1.29 is 4.79 Å². The van der Waals surface area contributed by atoms with Gasteiger partial charge in [-0.15, -0.1) is 5.10 Å². The zero-order valence-corrected chi connectivity index (χ0v) is 13.2.